The number of ether oxygens (including phenoxy) is 2. The highest BCUT2D eigenvalue weighted by atomic mass is 32.2. The van der Waals surface area contributed by atoms with Crippen LogP contribution in [-0.4, -0.2) is 44.6 Å². The molecule has 0 spiro atoms. The summed E-state index contributed by atoms with van der Waals surface area (Å²) in [5.74, 6) is 0.970. The van der Waals surface area contributed by atoms with E-state index in [-0.39, 0.29) is 10.6 Å². The zero-order valence-corrected chi connectivity index (χ0v) is 19.5. The Balaban J connectivity index is 1.73. The third-order valence-electron chi connectivity index (χ3n) is 5.86. The number of fused-ring (bicyclic) bond motifs is 2. The van der Waals surface area contributed by atoms with Gasteiger partial charge in [0.25, 0.3) is 21.4 Å². The average Bonchev–Trinajstić information content (AvgIpc) is 2.85. The van der Waals surface area contributed by atoms with E-state index in [9.17, 15) is 28.6 Å². The summed E-state index contributed by atoms with van der Waals surface area (Å²) in [7, 11) is -1.46. The number of nitrogens with zero attached hydrogens (tertiary/aromatic N) is 2. The van der Waals surface area contributed by atoms with Gasteiger partial charge < -0.3 is 9.47 Å². The summed E-state index contributed by atoms with van der Waals surface area (Å²) < 4.78 is 42.3. The van der Waals surface area contributed by atoms with Crippen LogP contribution in [0, 0.1) is 20.2 Å². The van der Waals surface area contributed by atoms with Gasteiger partial charge in [-0.1, -0.05) is 24.3 Å². The fourth-order valence-corrected chi connectivity index (χ4v) is 5.00. The van der Waals surface area contributed by atoms with Gasteiger partial charge in [-0.2, -0.15) is 8.42 Å². The predicted molar refractivity (Wildman–Crippen MR) is 126 cm³/mol. The number of rotatable bonds is 8. The van der Waals surface area contributed by atoms with Crippen molar-refractivity contribution in [3.8, 4) is 11.5 Å². The molecule has 3 aromatic carbocycles. The van der Waals surface area contributed by atoms with E-state index >= 15 is 0 Å². The van der Waals surface area contributed by atoms with E-state index in [1.165, 1.54) is 26.4 Å². The molecule has 0 amide bonds. The molecule has 1 atom stereocenters. The molecule has 0 radical (unpaired) electrons. The first-order valence-corrected chi connectivity index (χ1v) is 11.7. The number of methoxy groups -OCH3 is 2. The van der Waals surface area contributed by atoms with Crippen LogP contribution in [0.4, 0.5) is 0 Å². The molecule has 1 unspecified atom stereocenters. The summed E-state index contributed by atoms with van der Waals surface area (Å²) in [5.41, 5.74) is -2.27. The van der Waals surface area contributed by atoms with Gasteiger partial charge >= 0.3 is 0 Å². The van der Waals surface area contributed by atoms with Crippen molar-refractivity contribution in [2.75, 3.05) is 20.8 Å². The second kappa shape index (κ2) is 8.96. The zero-order chi connectivity index (χ0) is 25.4. The predicted octanol–water partition coefficient (Wildman–Crippen LogP) is 3.85. The molecule has 1 aliphatic carbocycles. The molecule has 11 nitrogen and oxygen atoms in total. The summed E-state index contributed by atoms with van der Waals surface area (Å²) in [5, 5.41) is 25.2. The highest BCUT2D eigenvalue weighted by Crippen LogP contribution is 2.43. The van der Waals surface area contributed by atoms with Crippen LogP contribution in [0.1, 0.15) is 6.42 Å². The molecule has 0 saturated heterocycles. The van der Waals surface area contributed by atoms with Crippen molar-refractivity contribution in [2.24, 2.45) is 0 Å². The van der Waals surface area contributed by atoms with Crippen molar-refractivity contribution in [1.82, 2.24) is 0 Å². The van der Waals surface area contributed by atoms with E-state index < -0.39 is 38.5 Å². The summed E-state index contributed by atoms with van der Waals surface area (Å²) in [6, 6.07) is 11.6. The van der Waals surface area contributed by atoms with Gasteiger partial charge in [-0.25, -0.2) is 0 Å². The lowest BCUT2D eigenvalue weighted by molar-refractivity contribution is -0.557. The van der Waals surface area contributed by atoms with Crippen LogP contribution in [-0.2, 0) is 14.3 Å². The number of hydrogen-bond donors (Lipinski definition) is 0. The van der Waals surface area contributed by atoms with Crippen molar-refractivity contribution >= 4 is 31.7 Å². The normalized spacial score (nSPS) is 17.8. The maximum Gasteiger partial charge on any atom is 0.297 e. The molecule has 0 fully saturated rings. The summed E-state index contributed by atoms with van der Waals surface area (Å²) in [6.45, 7) is -0.837. The lowest BCUT2D eigenvalue weighted by Gasteiger charge is -2.22. The third-order valence-corrected chi connectivity index (χ3v) is 7.12. The van der Waals surface area contributed by atoms with Gasteiger partial charge in [0, 0.05) is 51.1 Å². The number of hydrogen-bond acceptors (Lipinski definition) is 9. The van der Waals surface area contributed by atoms with E-state index in [2.05, 4.69) is 0 Å². The average molecular weight is 500 g/mol. The Bertz CT molecular complexity index is 1530. The highest BCUT2D eigenvalue weighted by Gasteiger charge is 2.44. The third kappa shape index (κ3) is 4.17. The first-order chi connectivity index (χ1) is 16.6. The molecule has 182 valence electrons. The van der Waals surface area contributed by atoms with Crippen molar-refractivity contribution in [2.45, 2.75) is 16.9 Å². The van der Waals surface area contributed by atoms with Crippen molar-refractivity contribution in [3.63, 3.8) is 0 Å². The van der Waals surface area contributed by atoms with Crippen molar-refractivity contribution < 1.29 is 31.9 Å². The Kier molecular flexibility index (Phi) is 6.17. The van der Waals surface area contributed by atoms with Crippen molar-refractivity contribution in [1.29, 1.82) is 0 Å². The van der Waals surface area contributed by atoms with Gasteiger partial charge in [0.2, 0.25) is 0 Å². The van der Waals surface area contributed by atoms with E-state index in [0.717, 1.165) is 23.6 Å². The van der Waals surface area contributed by atoms with E-state index in [4.69, 9.17) is 13.7 Å². The Morgan fingerprint density at radius 1 is 0.943 bits per heavy atom. The molecule has 12 heteroatoms. The largest absolute Gasteiger partial charge is 0.495 e. The first kappa shape index (κ1) is 24.1. The van der Waals surface area contributed by atoms with Gasteiger partial charge in [0.05, 0.1) is 24.0 Å². The highest BCUT2D eigenvalue weighted by molar-refractivity contribution is 7.86. The van der Waals surface area contributed by atoms with Gasteiger partial charge in [-0.05, 0) is 18.2 Å². The maximum atomic E-state index is 13.0. The lowest BCUT2D eigenvalue weighted by atomic mass is 9.92. The minimum absolute atomic E-state index is 0.236. The van der Waals surface area contributed by atoms with Crippen LogP contribution in [0.5, 0.6) is 11.5 Å². The molecule has 0 bridgehead atoms. The molecule has 0 aliphatic heterocycles. The molecule has 1 aliphatic rings. The van der Waals surface area contributed by atoms with Crippen LogP contribution < -0.4 is 9.47 Å². The van der Waals surface area contributed by atoms with Gasteiger partial charge in [0.15, 0.2) is 0 Å². The second-order valence-electron chi connectivity index (χ2n) is 7.82. The van der Waals surface area contributed by atoms with Gasteiger partial charge in [-0.3, -0.25) is 24.4 Å². The Morgan fingerprint density at radius 2 is 1.54 bits per heavy atom. The van der Waals surface area contributed by atoms with Crippen molar-refractivity contribution in [3.05, 3.63) is 86.6 Å². The molecular formula is C23H20N2O9S. The molecule has 0 aromatic heterocycles. The number of allylic oxidation sites excluding steroid dienone is 1. The monoisotopic (exact) mass is 500 g/mol. The van der Waals surface area contributed by atoms with Crippen LogP contribution >= 0.6 is 0 Å². The van der Waals surface area contributed by atoms with Gasteiger partial charge in [0.1, 0.15) is 18.1 Å². The molecule has 4 rings (SSSR count). The zero-order valence-electron chi connectivity index (χ0n) is 18.7. The lowest BCUT2D eigenvalue weighted by Crippen LogP contribution is -2.42. The first-order valence-electron chi connectivity index (χ1n) is 10.3. The fourth-order valence-electron chi connectivity index (χ4n) is 4.01. The van der Waals surface area contributed by atoms with Crippen LogP contribution in [0.2, 0.25) is 0 Å². The smallest absolute Gasteiger partial charge is 0.297 e. The quantitative estimate of drug-likeness (QED) is 0.195. The van der Waals surface area contributed by atoms with Gasteiger partial charge in [-0.15, -0.1) is 0 Å². The SMILES string of the molecule is COc1c2ccccc2c(OC)c2cc(S(=O)(=O)OCC3([N+](=O)[O-])C=CC([N+](=O)[O-])=CC3)ccc12. The summed E-state index contributed by atoms with van der Waals surface area (Å²) in [4.78, 5) is 21.0. The topological polar surface area (TPSA) is 148 Å². The number of benzene rings is 3. The molecule has 0 heterocycles. The summed E-state index contributed by atoms with van der Waals surface area (Å²) in [6.07, 6.45) is 2.63. The molecule has 3 aromatic rings. The maximum absolute atomic E-state index is 13.0. The second-order valence-corrected chi connectivity index (χ2v) is 9.44. The number of nitro groups is 2. The summed E-state index contributed by atoms with van der Waals surface area (Å²) >= 11 is 0. The van der Waals surface area contributed by atoms with E-state index in [1.807, 2.05) is 24.3 Å². The Hall–Kier alpha value is -4.03. The fraction of sp³-hybridized carbons (Fsp3) is 0.217. The van der Waals surface area contributed by atoms with Crippen LogP contribution in [0.3, 0.4) is 0 Å². The molecule has 0 N–H and O–H groups in total. The molecule has 35 heavy (non-hydrogen) atoms. The Morgan fingerprint density at radius 3 is 2.06 bits per heavy atom. The Labute approximate surface area is 199 Å². The standard InChI is InChI=1S/C23H20N2O9S/c1-32-21-17-5-3-4-6-18(17)22(33-2)20-13-16(7-8-19(20)21)35(30,31)34-14-23(25(28)29)11-9-15(10-12-23)24(26)27/h3-11,13H,12,14H2,1-2H3. The minimum atomic E-state index is -4.44. The minimum Gasteiger partial charge on any atom is -0.495 e. The molecule has 0 saturated carbocycles. The van der Waals surface area contributed by atoms with E-state index in [0.29, 0.717) is 27.7 Å². The van der Waals surface area contributed by atoms with Crippen LogP contribution in [0.15, 0.2) is 71.3 Å². The van der Waals surface area contributed by atoms with Crippen LogP contribution in [0.25, 0.3) is 21.5 Å². The molecular weight excluding hydrogens is 480 g/mol. The van der Waals surface area contributed by atoms with E-state index in [1.54, 1.807) is 6.07 Å².